The SMILES string of the molecule is CNCc1cc([N+](=O)[O-])ccc1OCc1nc(C)no1. The first-order valence-corrected chi connectivity index (χ1v) is 5.94. The summed E-state index contributed by atoms with van der Waals surface area (Å²) in [6.07, 6.45) is 0. The van der Waals surface area contributed by atoms with E-state index in [0.717, 1.165) is 0 Å². The van der Waals surface area contributed by atoms with Crippen molar-refractivity contribution >= 4 is 5.69 Å². The van der Waals surface area contributed by atoms with Crippen molar-refractivity contribution in [2.75, 3.05) is 7.05 Å². The van der Waals surface area contributed by atoms with Crippen molar-refractivity contribution < 1.29 is 14.2 Å². The number of non-ortho nitro benzene ring substituents is 1. The minimum atomic E-state index is -0.440. The first-order chi connectivity index (χ1) is 9.60. The zero-order valence-corrected chi connectivity index (χ0v) is 11.1. The topological polar surface area (TPSA) is 103 Å². The number of aromatic nitrogens is 2. The van der Waals surface area contributed by atoms with Gasteiger partial charge >= 0.3 is 0 Å². The standard InChI is InChI=1S/C12H14N4O4/c1-8-14-12(20-15-8)7-19-11-4-3-10(16(17)18)5-9(11)6-13-2/h3-5,13H,6-7H2,1-2H3. The quantitative estimate of drug-likeness (QED) is 0.632. The molecule has 8 nitrogen and oxygen atoms in total. The first kappa shape index (κ1) is 13.9. The van der Waals surface area contributed by atoms with Crippen molar-refractivity contribution in [1.29, 1.82) is 0 Å². The van der Waals surface area contributed by atoms with Crippen LogP contribution in [0.15, 0.2) is 22.7 Å². The summed E-state index contributed by atoms with van der Waals surface area (Å²) in [7, 11) is 1.75. The molecule has 0 fully saturated rings. The molecule has 1 heterocycles. The minimum Gasteiger partial charge on any atom is -0.483 e. The van der Waals surface area contributed by atoms with E-state index in [4.69, 9.17) is 9.26 Å². The van der Waals surface area contributed by atoms with Gasteiger partial charge in [-0.2, -0.15) is 4.98 Å². The maximum Gasteiger partial charge on any atom is 0.270 e. The molecule has 0 aliphatic carbocycles. The molecule has 8 heteroatoms. The molecule has 0 spiro atoms. The molecule has 0 radical (unpaired) electrons. The fourth-order valence-corrected chi connectivity index (χ4v) is 1.69. The van der Waals surface area contributed by atoms with Crippen molar-refractivity contribution in [2.24, 2.45) is 0 Å². The Bertz CT molecular complexity index is 611. The van der Waals surface area contributed by atoms with Crippen molar-refractivity contribution in [3.8, 4) is 5.75 Å². The molecule has 0 unspecified atom stereocenters. The highest BCUT2D eigenvalue weighted by Gasteiger charge is 2.12. The van der Waals surface area contributed by atoms with Gasteiger partial charge in [0.1, 0.15) is 5.75 Å². The third-order valence-corrected chi connectivity index (χ3v) is 2.54. The lowest BCUT2D eigenvalue weighted by molar-refractivity contribution is -0.384. The summed E-state index contributed by atoms with van der Waals surface area (Å²) in [6.45, 7) is 2.29. The third kappa shape index (κ3) is 3.29. The average molecular weight is 278 g/mol. The van der Waals surface area contributed by atoms with Gasteiger partial charge in [-0.1, -0.05) is 5.16 Å². The highest BCUT2D eigenvalue weighted by molar-refractivity contribution is 5.43. The Labute approximate surface area is 114 Å². The van der Waals surface area contributed by atoms with Crippen LogP contribution in [0, 0.1) is 17.0 Å². The summed E-state index contributed by atoms with van der Waals surface area (Å²) >= 11 is 0. The number of hydrogen-bond acceptors (Lipinski definition) is 7. The van der Waals surface area contributed by atoms with Crippen LogP contribution in [0.4, 0.5) is 5.69 Å². The second-order valence-corrected chi connectivity index (χ2v) is 4.10. The monoisotopic (exact) mass is 278 g/mol. The fraction of sp³-hybridized carbons (Fsp3) is 0.333. The predicted molar refractivity (Wildman–Crippen MR) is 69.2 cm³/mol. The largest absolute Gasteiger partial charge is 0.483 e. The molecule has 20 heavy (non-hydrogen) atoms. The lowest BCUT2D eigenvalue weighted by atomic mass is 10.2. The molecule has 2 aromatic rings. The van der Waals surface area contributed by atoms with E-state index in [1.807, 2.05) is 0 Å². The van der Waals surface area contributed by atoms with E-state index >= 15 is 0 Å². The lowest BCUT2D eigenvalue weighted by Gasteiger charge is -2.09. The molecular weight excluding hydrogens is 264 g/mol. The Balaban J connectivity index is 2.15. The van der Waals surface area contributed by atoms with E-state index in [9.17, 15) is 10.1 Å². The minimum absolute atomic E-state index is 0.0243. The average Bonchev–Trinajstić information content (AvgIpc) is 2.83. The van der Waals surface area contributed by atoms with Gasteiger partial charge in [-0.15, -0.1) is 0 Å². The van der Waals surface area contributed by atoms with Crippen LogP contribution in [0.1, 0.15) is 17.3 Å². The number of nitrogens with zero attached hydrogens (tertiary/aromatic N) is 3. The number of rotatable bonds is 6. The first-order valence-electron chi connectivity index (χ1n) is 5.94. The van der Waals surface area contributed by atoms with Gasteiger partial charge < -0.3 is 14.6 Å². The van der Waals surface area contributed by atoms with Crippen LogP contribution in [-0.4, -0.2) is 22.1 Å². The molecule has 0 bridgehead atoms. The van der Waals surface area contributed by atoms with Crippen molar-refractivity contribution in [1.82, 2.24) is 15.5 Å². The van der Waals surface area contributed by atoms with E-state index in [1.54, 1.807) is 20.0 Å². The fourth-order valence-electron chi connectivity index (χ4n) is 1.69. The normalized spacial score (nSPS) is 10.5. The van der Waals surface area contributed by atoms with Crippen LogP contribution in [0.2, 0.25) is 0 Å². The molecule has 1 aromatic heterocycles. The highest BCUT2D eigenvalue weighted by Crippen LogP contribution is 2.24. The molecular formula is C12H14N4O4. The van der Waals surface area contributed by atoms with Gasteiger partial charge in [0.05, 0.1) is 4.92 Å². The molecule has 0 saturated carbocycles. The molecule has 0 atom stereocenters. The number of nitro benzene ring substituents is 1. The number of ether oxygens (including phenoxy) is 1. The number of nitrogens with one attached hydrogen (secondary N) is 1. The van der Waals surface area contributed by atoms with E-state index in [-0.39, 0.29) is 12.3 Å². The van der Waals surface area contributed by atoms with Crippen LogP contribution < -0.4 is 10.1 Å². The number of hydrogen-bond donors (Lipinski definition) is 1. The van der Waals surface area contributed by atoms with Gasteiger partial charge in [-0.3, -0.25) is 10.1 Å². The van der Waals surface area contributed by atoms with Crippen LogP contribution in [0.5, 0.6) is 5.75 Å². The Morgan fingerprint density at radius 3 is 2.90 bits per heavy atom. The molecule has 1 aromatic carbocycles. The lowest BCUT2D eigenvalue weighted by Crippen LogP contribution is -2.08. The van der Waals surface area contributed by atoms with E-state index in [1.165, 1.54) is 12.1 Å². The number of benzene rings is 1. The zero-order chi connectivity index (χ0) is 14.5. The molecule has 0 aliphatic rings. The van der Waals surface area contributed by atoms with Crippen molar-refractivity contribution in [3.63, 3.8) is 0 Å². The van der Waals surface area contributed by atoms with Gasteiger partial charge in [-0.25, -0.2) is 0 Å². The van der Waals surface area contributed by atoms with Crippen molar-refractivity contribution in [2.45, 2.75) is 20.1 Å². The van der Waals surface area contributed by atoms with Gasteiger partial charge in [-0.05, 0) is 20.0 Å². The van der Waals surface area contributed by atoms with Gasteiger partial charge in [0.2, 0.25) is 0 Å². The van der Waals surface area contributed by atoms with Gasteiger partial charge in [0.25, 0.3) is 11.6 Å². The van der Waals surface area contributed by atoms with Crippen molar-refractivity contribution in [3.05, 3.63) is 45.6 Å². The molecule has 106 valence electrons. The second kappa shape index (κ2) is 6.11. The van der Waals surface area contributed by atoms with E-state index < -0.39 is 4.92 Å². The summed E-state index contributed by atoms with van der Waals surface area (Å²) < 4.78 is 10.5. The smallest absolute Gasteiger partial charge is 0.270 e. The maximum atomic E-state index is 10.8. The van der Waals surface area contributed by atoms with Crippen LogP contribution in [0.3, 0.4) is 0 Å². The highest BCUT2D eigenvalue weighted by atomic mass is 16.6. The van der Waals surface area contributed by atoms with Crippen LogP contribution in [0.25, 0.3) is 0 Å². The molecule has 1 N–H and O–H groups in total. The van der Waals surface area contributed by atoms with Gasteiger partial charge in [0.15, 0.2) is 12.4 Å². The Hall–Kier alpha value is -2.48. The van der Waals surface area contributed by atoms with E-state index in [0.29, 0.717) is 29.6 Å². The Morgan fingerprint density at radius 2 is 2.30 bits per heavy atom. The summed E-state index contributed by atoms with van der Waals surface area (Å²) in [4.78, 5) is 14.3. The Kier molecular flexibility index (Phi) is 4.26. The number of nitro groups is 1. The zero-order valence-electron chi connectivity index (χ0n) is 11.1. The maximum absolute atomic E-state index is 10.8. The molecule has 0 saturated heterocycles. The van der Waals surface area contributed by atoms with Gasteiger partial charge in [0, 0.05) is 24.2 Å². The molecule has 0 aliphatic heterocycles. The summed E-state index contributed by atoms with van der Waals surface area (Å²) in [5.41, 5.74) is 0.717. The summed E-state index contributed by atoms with van der Waals surface area (Å²) in [5.74, 6) is 1.43. The van der Waals surface area contributed by atoms with Crippen LogP contribution >= 0.6 is 0 Å². The summed E-state index contributed by atoms with van der Waals surface area (Å²) in [5, 5.41) is 17.4. The van der Waals surface area contributed by atoms with E-state index in [2.05, 4.69) is 15.5 Å². The van der Waals surface area contributed by atoms with Crippen LogP contribution in [-0.2, 0) is 13.2 Å². The molecule has 2 rings (SSSR count). The Morgan fingerprint density at radius 1 is 1.50 bits per heavy atom. The number of aryl methyl sites for hydroxylation is 1. The second-order valence-electron chi connectivity index (χ2n) is 4.10. The summed E-state index contributed by atoms with van der Waals surface area (Å²) in [6, 6.07) is 4.44. The third-order valence-electron chi connectivity index (χ3n) is 2.54. The predicted octanol–water partition coefficient (Wildman–Crippen LogP) is 1.58. The molecule has 0 amide bonds.